The molecule has 0 heterocycles. The summed E-state index contributed by atoms with van der Waals surface area (Å²) in [7, 11) is 0. The number of hydrogen-bond acceptors (Lipinski definition) is 2. The molecule has 3 N–H and O–H groups in total. The molecule has 1 fully saturated rings. The molecular formula is C12H14N2OS. The number of benzene rings is 1. The van der Waals surface area contributed by atoms with Gasteiger partial charge in [0.25, 0.3) is 5.91 Å². The third-order valence-corrected chi connectivity index (χ3v) is 2.68. The van der Waals surface area contributed by atoms with Crippen LogP contribution in [0.2, 0.25) is 0 Å². The van der Waals surface area contributed by atoms with Crippen LogP contribution in [-0.2, 0) is 6.42 Å². The minimum atomic E-state index is -0.0191. The van der Waals surface area contributed by atoms with Crippen LogP contribution in [0.3, 0.4) is 0 Å². The summed E-state index contributed by atoms with van der Waals surface area (Å²) in [6.07, 6.45) is 2.65. The molecule has 0 radical (unpaired) electrons. The largest absolute Gasteiger partial charge is 0.393 e. The molecule has 4 heteroatoms. The van der Waals surface area contributed by atoms with Crippen LogP contribution < -0.4 is 11.1 Å². The zero-order valence-corrected chi connectivity index (χ0v) is 9.72. The van der Waals surface area contributed by atoms with Crippen LogP contribution in [0.4, 0.5) is 0 Å². The van der Waals surface area contributed by atoms with E-state index in [1.165, 1.54) is 0 Å². The lowest BCUT2D eigenvalue weighted by molar-refractivity contribution is 0.0950. The summed E-state index contributed by atoms with van der Waals surface area (Å²) in [4.78, 5) is 12.3. The van der Waals surface area contributed by atoms with Crippen molar-refractivity contribution in [3.8, 4) is 0 Å². The lowest BCUT2D eigenvalue weighted by Gasteiger charge is -2.08. The Morgan fingerprint density at radius 3 is 2.75 bits per heavy atom. The predicted molar refractivity (Wildman–Crippen MR) is 67.4 cm³/mol. The molecule has 1 aromatic carbocycles. The van der Waals surface area contributed by atoms with Gasteiger partial charge in [-0.25, -0.2) is 0 Å². The van der Waals surface area contributed by atoms with E-state index in [2.05, 4.69) is 5.32 Å². The van der Waals surface area contributed by atoms with Gasteiger partial charge in [-0.3, -0.25) is 4.79 Å². The standard InChI is InChI=1S/C12H14N2OS/c13-11(16)7-8-3-1-2-4-10(8)12(15)14-9-5-6-9/h1-4,9H,5-7H2,(H2,13,16)(H,14,15). The fourth-order valence-electron chi connectivity index (χ4n) is 1.57. The maximum atomic E-state index is 11.9. The Hall–Kier alpha value is -1.42. The summed E-state index contributed by atoms with van der Waals surface area (Å²) >= 11 is 4.87. The highest BCUT2D eigenvalue weighted by Gasteiger charge is 2.24. The Balaban J connectivity index is 2.16. The fraction of sp³-hybridized carbons (Fsp3) is 0.333. The first kappa shape index (κ1) is 11.1. The van der Waals surface area contributed by atoms with Crippen LogP contribution in [0.15, 0.2) is 24.3 Å². The molecule has 1 aliphatic rings. The fourth-order valence-corrected chi connectivity index (χ4v) is 1.73. The van der Waals surface area contributed by atoms with Crippen LogP contribution in [0.5, 0.6) is 0 Å². The van der Waals surface area contributed by atoms with Crippen molar-refractivity contribution in [3.63, 3.8) is 0 Å². The minimum absolute atomic E-state index is 0.0191. The second-order valence-electron chi connectivity index (χ2n) is 4.05. The summed E-state index contributed by atoms with van der Waals surface area (Å²) in [6, 6.07) is 7.81. The molecule has 0 aliphatic heterocycles. The Kier molecular flexibility index (Phi) is 3.19. The number of hydrogen-bond donors (Lipinski definition) is 2. The minimum Gasteiger partial charge on any atom is -0.393 e. The van der Waals surface area contributed by atoms with Gasteiger partial charge >= 0.3 is 0 Å². The first-order chi connectivity index (χ1) is 7.66. The predicted octanol–water partition coefficient (Wildman–Crippen LogP) is 1.41. The summed E-state index contributed by atoms with van der Waals surface area (Å²) in [6.45, 7) is 0. The first-order valence-electron chi connectivity index (χ1n) is 5.34. The van der Waals surface area contributed by atoms with Gasteiger partial charge in [0.2, 0.25) is 0 Å². The highest BCUT2D eigenvalue weighted by molar-refractivity contribution is 7.80. The van der Waals surface area contributed by atoms with E-state index in [1.807, 2.05) is 24.3 Å². The molecule has 1 saturated carbocycles. The number of carbonyl (C=O) groups is 1. The van der Waals surface area contributed by atoms with Gasteiger partial charge in [0.05, 0.1) is 4.99 Å². The number of nitrogens with one attached hydrogen (secondary N) is 1. The van der Waals surface area contributed by atoms with Gasteiger partial charge in [-0.05, 0) is 24.5 Å². The molecule has 0 unspecified atom stereocenters. The molecule has 3 nitrogen and oxygen atoms in total. The zero-order valence-electron chi connectivity index (χ0n) is 8.90. The highest BCUT2D eigenvalue weighted by atomic mass is 32.1. The Morgan fingerprint density at radius 2 is 2.12 bits per heavy atom. The smallest absolute Gasteiger partial charge is 0.251 e. The molecule has 1 amide bonds. The molecule has 0 bridgehead atoms. The summed E-state index contributed by atoms with van der Waals surface area (Å²) in [5.74, 6) is -0.0191. The molecule has 0 spiro atoms. The van der Waals surface area contributed by atoms with E-state index in [0.717, 1.165) is 18.4 Å². The van der Waals surface area contributed by atoms with Crippen molar-refractivity contribution in [2.75, 3.05) is 0 Å². The number of carbonyl (C=O) groups excluding carboxylic acids is 1. The van der Waals surface area contributed by atoms with E-state index < -0.39 is 0 Å². The van der Waals surface area contributed by atoms with Crippen molar-refractivity contribution < 1.29 is 4.79 Å². The summed E-state index contributed by atoms with van der Waals surface area (Å²) in [5, 5.41) is 2.96. The highest BCUT2D eigenvalue weighted by Crippen LogP contribution is 2.20. The van der Waals surface area contributed by atoms with Crippen LogP contribution in [0, 0.1) is 0 Å². The first-order valence-corrected chi connectivity index (χ1v) is 5.74. The van der Waals surface area contributed by atoms with Gasteiger partial charge in [-0.15, -0.1) is 0 Å². The SMILES string of the molecule is NC(=S)Cc1ccccc1C(=O)NC1CC1. The quantitative estimate of drug-likeness (QED) is 0.774. The Morgan fingerprint density at radius 1 is 1.44 bits per heavy atom. The van der Waals surface area contributed by atoms with Gasteiger partial charge in [-0.1, -0.05) is 30.4 Å². The molecule has 84 valence electrons. The van der Waals surface area contributed by atoms with Crippen molar-refractivity contribution in [1.29, 1.82) is 0 Å². The second-order valence-corrected chi connectivity index (χ2v) is 4.57. The normalized spacial score (nSPS) is 14.5. The van der Waals surface area contributed by atoms with Crippen molar-refractivity contribution in [2.45, 2.75) is 25.3 Å². The van der Waals surface area contributed by atoms with Crippen LogP contribution in [0.1, 0.15) is 28.8 Å². The number of rotatable bonds is 4. The van der Waals surface area contributed by atoms with Crippen LogP contribution in [-0.4, -0.2) is 16.9 Å². The van der Waals surface area contributed by atoms with Crippen LogP contribution >= 0.6 is 12.2 Å². The monoisotopic (exact) mass is 234 g/mol. The van der Waals surface area contributed by atoms with E-state index in [4.69, 9.17) is 18.0 Å². The third kappa shape index (κ3) is 2.79. The molecule has 2 rings (SSSR count). The van der Waals surface area contributed by atoms with Gasteiger partial charge < -0.3 is 11.1 Å². The second kappa shape index (κ2) is 4.61. The number of thiocarbonyl (C=S) groups is 1. The molecule has 0 saturated heterocycles. The topological polar surface area (TPSA) is 55.1 Å². The molecular weight excluding hydrogens is 220 g/mol. The maximum Gasteiger partial charge on any atom is 0.251 e. The number of amides is 1. The van der Waals surface area contributed by atoms with Gasteiger partial charge in [-0.2, -0.15) is 0 Å². The van der Waals surface area contributed by atoms with Crippen LogP contribution in [0.25, 0.3) is 0 Å². The zero-order chi connectivity index (χ0) is 11.5. The van der Waals surface area contributed by atoms with Gasteiger partial charge in [0.1, 0.15) is 0 Å². The van der Waals surface area contributed by atoms with E-state index >= 15 is 0 Å². The van der Waals surface area contributed by atoms with E-state index in [0.29, 0.717) is 23.0 Å². The molecule has 1 aromatic rings. The maximum absolute atomic E-state index is 11.9. The Labute approximate surface area is 100 Å². The lowest BCUT2D eigenvalue weighted by atomic mass is 10.0. The molecule has 0 atom stereocenters. The average Bonchev–Trinajstić information content (AvgIpc) is 3.01. The Bertz CT molecular complexity index is 427. The van der Waals surface area contributed by atoms with E-state index in [-0.39, 0.29) is 5.91 Å². The summed E-state index contributed by atoms with van der Waals surface area (Å²) in [5.41, 5.74) is 7.09. The van der Waals surface area contributed by atoms with Crippen molar-refractivity contribution >= 4 is 23.1 Å². The van der Waals surface area contributed by atoms with E-state index in [1.54, 1.807) is 0 Å². The van der Waals surface area contributed by atoms with E-state index in [9.17, 15) is 4.79 Å². The average molecular weight is 234 g/mol. The van der Waals surface area contributed by atoms with Crippen molar-refractivity contribution in [2.24, 2.45) is 5.73 Å². The molecule has 0 aromatic heterocycles. The molecule has 16 heavy (non-hydrogen) atoms. The summed E-state index contributed by atoms with van der Waals surface area (Å²) < 4.78 is 0. The van der Waals surface area contributed by atoms with Gasteiger partial charge in [0, 0.05) is 18.0 Å². The van der Waals surface area contributed by atoms with Crippen molar-refractivity contribution in [3.05, 3.63) is 35.4 Å². The molecule has 1 aliphatic carbocycles. The lowest BCUT2D eigenvalue weighted by Crippen LogP contribution is -2.27. The van der Waals surface area contributed by atoms with Gasteiger partial charge in [0.15, 0.2) is 0 Å². The third-order valence-electron chi connectivity index (χ3n) is 2.54. The number of nitrogens with two attached hydrogens (primary N) is 1. The van der Waals surface area contributed by atoms with Crippen molar-refractivity contribution in [1.82, 2.24) is 5.32 Å².